The van der Waals surface area contributed by atoms with Gasteiger partial charge in [0.2, 0.25) is 0 Å². The molecule has 1 amide bonds. The molecule has 2 rings (SSSR count). The molecular formula is C11H14N2O4. The molecule has 0 spiro atoms. The predicted octanol–water partition coefficient (Wildman–Crippen LogP) is 1.00. The molecule has 0 aromatic carbocycles. The van der Waals surface area contributed by atoms with E-state index in [1.54, 1.807) is 6.07 Å². The molecule has 0 saturated heterocycles. The van der Waals surface area contributed by atoms with Gasteiger partial charge in [-0.1, -0.05) is 12.1 Å². The summed E-state index contributed by atoms with van der Waals surface area (Å²) in [5, 5.41) is 14.8. The number of rotatable bonds is 5. The first-order valence-electron chi connectivity index (χ1n) is 5.55. The van der Waals surface area contributed by atoms with E-state index in [-0.39, 0.29) is 12.2 Å². The van der Waals surface area contributed by atoms with Gasteiger partial charge < -0.3 is 14.9 Å². The maximum atomic E-state index is 11.6. The van der Waals surface area contributed by atoms with Crippen LogP contribution in [0.25, 0.3) is 0 Å². The largest absolute Gasteiger partial charge is 0.481 e. The molecule has 1 heterocycles. The van der Waals surface area contributed by atoms with Gasteiger partial charge in [-0.2, -0.15) is 0 Å². The van der Waals surface area contributed by atoms with Crippen LogP contribution in [0.3, 0.4) is 0 Å². The highest BCUT2D eigenvalue weighted by molar-refractivity contribution is 5.92. The fraction of sp³-hybridized carbons (Fsp3) is 0.545. The summed E-state index contributed by atoms with van der Waals surface area (Å²) in [5.74, 6) is -0.810. The summed E-state index contributed by atoms with van der Waals surface area (Å²) in [6.07, 6.45) is 2.15. The number of hydrogen-bond donors (Lipinski definition) is 2. The molecule has 1 atom stereocenters. The number of nitrogens with one attached hydrogen (secondary N) is 1. The third-order valence-electron chi connectivity index (χ3n) is 2.73. The molecule has 1 fully saturated rings. The summed E-state index contributed by atoms with van der Waals surface area (Å²) in [7, 11) is 0. The van der Waals surface area contributed by atoms with Gasteiger partial charge in [0, 0.05) is 18.5 Å². The summed E-state index contributed by atoms with van der Waals surface area (Å²) in [5.41, 5.74) is 0.212. The molecule has 1 aromatic heterocycles. The number of aliphatic carboxylic acids is 1. The number of aromatic nitrogens is 1. The highest BCUT2D eigenvalue weighted by atomic mass is 16.5. The van der Waals surface area contributed by atoms with Crippen molar-refractivity contribution in [3.05, 3.63) is 17.5 Å². The zero-order chi connectivity index (χ0) is 12.4. The number of amides is 1. The second kappa shape index (κ2) is 4.57. The molecule has 1 aliphatic rings. The van der Waals surface area contributed by atoms with Crippen LogP contribution in [-0.2, 0) is 4.79 Å². The lowest BCUT2D eigenvalue weighted by Crippen LogP contribution is -2.31. The Bertz CT molecular complexity index is 436. The van der Waals surface area contributed by atoms with Crippen LogP contribution in [0.15, 0.2) is 10.6 Å². The molecule has 1 aliphatic carbocycles. The van der Waals surface area contributed by atoms with Gasteiger partial charge >= 0.3 is 5.97 Å². The molecule has 6 heteroatoms. The second-order valence-electron chi connectivity index (χ2n) is 4.34. The van der Waals surface area contributed by atoms with Gasteiger partial charge in [0.25, 0.3) is 5.91 Å². The van der Waals surface area contributed by atoms with Crippen LogP contribution in [0, 0.1) is 5.92 Å². The Kier molecular flexibility index (Phi) is 3.12. The van der Waals surface area contributed by atoms with Crippen molar-refractivity contribution in [2.75, 3.05) is 6.54 Å². The van der Waals surface area contributed by atoms with Gasteiger partial charge in [-0.15, -0.1) is 0 Å². The van der Waals surface area contributed by atoms with Gasteiger partial charge in [-0.25, -0.2) is 0 Å². The van der Waals surface area contributed by atoms with Crippen molar-refractivity contribution in [3.63, 3.8) is 0 Å². The molecule has 1 unspecified atom stereocenters. The van der Waals surface area contributed by atoms with Crippen molar-refractivity contribution in [1.82, 2.24) is 10.5 Å². The Balaban J connectivity index is 1.88. The number of carboxylic acid groups (broad SMARTS) is 1. The van der Waals surface area contributed by atoms with Crippen molar-refractivity contribution in [3.8, 4) is 0 Å². The number of carbonyl (C=O) groups is 2. The second-order valence-corrected chi connectivity index (χ2v) is 4.34. The van der Waals surface area contributed by atoms with Crippen LogP contribution >= 0.6 is 0 Å². The van der Waals surface area contributed by atoms with Crippen LogP contribution in [0.4, 0.5) is 0 Å². The molecule has 1 saturated carbocycles. The van der Waals surface area contributed by atoms with Gasteiger partial charge in [-0.3, -0.25) is 9.59 Å². The molecular weight excluding hydrogens is 224 g/mol. The van der Waals surface area contributed by atoms with Crippen molar-refractivity contribution < 1.29 is 19.2 Å². The minimum absolute atomic E-state index is 0.0831. The quantitative estimate of drug-likeness (QED) is 0.798. The molecule has 2 N–H and O–H groups in total. The third kappa shape index (κ3) is 2.83. The number of hydrogen-bond acceptors (Lipinski definition) is 4. The van der Waals surface area contributed by atoms with E-state index < -0.39 is 17.8 Å². The summed E-state index contributed by atoms with van der Waals surface area (Å²) < 4.78 is 5.04. The third-order valence-corrected chi connectivity index (χ3v) is 2.73. The first kappa shape index (κ1) is 11.6. The zero-order valence-electron chi connectivity index (χ0n) is 9.47. The van der Waals surface area contributed by atoms with Crippen LogP contribution in [0.5, 0.6) is 0 Å². The Labute approximate surface area is 98.0 Å². The van der Waals surface area contributed by atoms with E-state index in [1.165, 1.54) is 6.92 Å². The first-order chi connectivity index (χ1) is 8.08. The van der Waals surface area contributed by atoms with E-state index >= 15 is 0 Å². The fourth-order valence-electron chi connectivity index (χ4n) is 1.38. The molecule has 1 aromatic rings. The van der Waals surface area contributed by atoms with Crippen LogP contribution in [0.1, 0.15) is 41.9 Å². The minimum atomic E-state index is -0.941. The topological polar surface area (TPSA) is 92.4 Å². The molecule has 17 heavy (non-hydrogen) atoms. The Hall–Kier alpha value is -1.85. The van der Waals surface area contributed by atoms with Crippen molar-refractivity contribution in [2.24, 2.45) is 5.92 Å². The van der Waals surface area contributed by atoms with Crippen molar-refractivity contribution in [1.29, 1.82) is 0 Å². The normalized spacial score (nSPS) is 16.5. The average Bonchev–Trinajstić information content (AvgIpc) is 3.03. The highest BCUT2D eigenvalue weighted by Crippen LogP contribution is 2.40. The van der Waals surface area contributed by atoms with E-state index in [1.807, 2.05) is 0 Å². The zero-order valence-corrected chi connectivity index (χ0v) is 9.47. The lowest BCUT2D eigenvalue weighted by atomic mass is 10.2. The summed E-state index contributed by atoms with van der Waals surface area (Å²) in [4.78, 5) is 22.2. The Morgan fingerprint density at radius 2 is 2.35 bits per heavy atom. The standard InChI is InChI=1S/C11H14N2O4/c1-6(11(15)16)5-12-10(14)8-4-9(17-13-8)7-2-3-7/h4,6-7H,2-3,5H2,1H3,(H,12,14)(H,15,16). The molecule has 0 radical (unpaired) electrons. The first-order valence-corrected chi connectivity index (χ1v) is 5.55. The van der Waals surface area contributed by atoms with E-state index in [0.29, 0.717) is 5.92 Å². The summed E-state index contributed by atoms with van der Waals surface area (Å²) in [6, 6.07) is 1.62. The smallest absolute Gasteiger partial charge is 0.308 e. The van der Waals surface area contributed by atoms with E-state index in [2.05, 4.69) is 10.5 Å². The van der Waals surface area contributed by atoms with Crippen LogP contribution in [0.2, 0.25) is 0 Å². The van der Waals surface area contributed by atoms with E-state index in [4.69, 9.17) is 9.63 Å². The molecule has 0 bridgehead atoms. The molecule has 6 nitrogen and oxygen atoms in total. The Morgan fingerprint density at radius 1 is 1.65 bits per heavy atom. The van der Waals surface area contributed by atoms with E-state index in [9.17, 15) is 9.59 Å². The predicted molar refractivity (Wildman–Crippen MR) is 57.6 cm³/mol. The Morgan fingerprint density at radius 3 is 2.94 bits per heavy atom. The number of carbonyl (C=O) groups excluding carboxylic acids is 1. The van der Waals surface area contributed by atoms with Gasteiger partial charge in [0.1, 0.15) is 5.76 Å². The minimum Gasteiger partial charge on any atom is -0.481 e. The van der Waals surface area contributed by atoms with Crippen LogP contribution < -0.4 is 5.32 Å². The monoisotopic (exact) mass is 238 g/mol. The molecule has 0 aliphatic heterocycles. The average molecular weight is 238 g/mol. The lowest BCUT2D eigenvalue weighted by molar-refractivity contribution is -0.140. The summed E-state index contributed by atoms with van der Waals surface area (Å²) >= 11 is 0. The summed E-state index contributed by atoms with van der Waals surface area (Å²) in [6.45, 7) is 1.61. The fourth-order valence-corrected chi connectivity index (χ4v) is 1.38. The number of nitrogens with zero attached hydrogens (tertiary/aromatic N) is 1. The molecule has 92 valence electrons. The number of carboxylic acids is 1. The highest BCUT2D eigenvalue weighted by Gasteiger charge is 2.28. The van der Waals surface area contributed by atoms with Crippen molar-refractivity contribution >= 4 is 11.9 Å². The van der Waals surface area contributed by atoms with Crippen molar-refractivity contribution in [2.45, 2.75) is 25.7 Å². The van der Waals surface area contributed by atoms with Crippen LogP contribution in [-0.4, -0.2) is 28.7 Å². The SMILES string of the molecule is CC(CNC(=O)c1cc(C2CC2)on1)C(=O)O. The van der Waals surface area contributed by atoms with Gasteiger partial charge in [0.05, 0.1) is 5.92 Å². The van der Waals surface area contributed by atoms with E-state index in [0.717, 1.165) is 18.6 Å². The van der Waals surface area contributed by atoms with Gasteiger partial charge in [0.15, 0.2) is 5.69 Å². The maximum Gasteiger partial charge on any atom is 0.308 e. The van der Waals surface area contributed by atoms with Gasteiger partial charge in [-0.05, 0) is 12.8 Å². The lowest BCUT2D eigenvalue weighted by Gasteiger charge is -2.06. The maximum absolute atomic E-state index is 11.6.